The van der Waals surface area contributed by atoms with E-state index in [0.717, 1.165) is 50.5 Å². The fourth-order valence-electron chi connectivity index (χ4n) is 4.40. The molecule has 0 aliphatic carbocycles. The molecule has 0 radical (unpaired) electrons. The summed E-state index contributed by atoms with van der Waals surface area (Å²) in [7, 11) is 0. The maximum absolute atomic E-state index is 13.7. The third-order valence-corrected chi connectivity index (χ3v) is 7.88. The molecule has 1 atom stereocenters. The highest BCUT2D eigenvalue weighted by Crippen LogP contribution is 2.37. The number of benzene rings is 3. The van der Waals surface area contributed by atoms with Crippen LogP contribution in [0.3, 0.4) is 0 Å². The predicted octanol–water partition coefficient (Wildman–Crippen LogP) is 7.36. The largest absolute Gasteiger partial charge is 0.489 e. The number of carbonyl (C=O) groups excluding carboxylic acids is 1. The molecule has 0 bridgehead atoms. The molecule has 0 fully saturated rings. The summed E-state index contributed by atoms with van der Waals surface area (Å²) in [6.07, 6.45) is 1.02. The minimum absolute atomic E-state index is 0.185. The van der Waals surface area contributed by atoms with Crippen molar-refractivity contribution in [1.29, 1.82) is 0 Å². The number of aryl methyl sites for hydroxylation is 1. The molecule has 2 N–H and O–H groups in total. The molecule has 0 saturated carbocycles. The van der Waals surface area contributed by atoms with Crippen LogP contribution in [0.4, 0.5) is 11.6 Å². The first kappa shape index (κ1) is 27.0. The van der Waals surface area contributed by atoms with Crippen LogP contribution in [0, 0.1) is 6.92 Å². The van der Waals surface area contributed by atoms with Gasteiger partial charge in [-0.2, -0.15) is 4.98 Å². The molecule has 9 heteroatoms. The van der Waals surface area contributed by atoms with Crippen LogP contribution in [0.5, 0.6) is 5.75 Å². The molecule has 7 nitrogen and oxygen atoms in total. The Hall–Kier alpha value is -3.56. The second kappa shape index (κ2) is 12.1. The zero-order valence-corrected chi connectivity index (χ0v) is 24.5. The molecule has 39 heavy (non-hydrogen) atoms. The van der Waals surface area contributed by atoms with Gasteiger partial charge in [-0.25, -0.2) is 4.68 Å². The summed E-state index contributed by atoms with van der Waals surface area (Å²) in [5.41, 5.74) is 5.15. The van der Waals surface area contributed by atoms with Crippen LogP contribution < -0.4 is 15.4 Å². The molecule has 4 aromatic rings. The molecular weight excluding hydrogens is 574 g/mol. The van der Waals surface area contributed by atoms with Gasteiger partial charge in [-0.3, -0.25) is 4.79 Å². The fraction of sp³-hybridized carbons (Fsp3) is 0.233. The van der Waals surface area contributed by atoms with Crippen molar-refractivity contribution in [2.24, 2.45) is 0 Å². The van der Waals surface area contributed by atoms with Crippen molar-refractivity contribution in [3.05, 3.63) is 105 Å². The van der Waals surface area contributed by atoms with Crippen molar-refractivity contribution in [2.75, 3.05) is 16.4 Å². The first-order valence-electron chi connectivity index (χ1n) is 12.8. The van der Waals surface area contributed by atoms with Gasteiger partial charge in [0.1, 0.15) is 18.4 Å². The van der Waals surface area contributed by atoms with Gasteiger partial charge in [0.2, 0.25) is 11.1 Å². The van der Waals surface area contributed by atoms with E-state index in [9.17, 15) is 4.79 Å². The van der Waals surface area contributed by atoms with Crippen molar-refractivity contribution in [2.45, 2.75) is 45.0 Å². The number of nitrogens with zero attached hydrogens (tertiary/aromatic N) is 3. The van der Waals surface area contributed by atoms with Gasteiger partial charge in [0, 0.05) is 21.6 Å². The number of thioether (sulfide) groups is 1. The number of carbonyl (C=O) groups is 1. The summed E-state index contributed by atoms with van der Waals surface area (Å²) in [6, 6.07) is 23.2. The third kappa shape index (κ3) is 6.37. The van der Waals surface area contributed by atoms with Gasteiger partial charge in [0.15, 0.2) is 0 Å². The lowest BCUT2D eigenvalue weighted by Crippen LogP contribution is -2.31. The average Bonchev–Trinajstić information content (AvgIpc) is 3.33. The molecule has 2 heterocycles. The monoisotopic (exact) mass is 603 g/mol. The van der Waals surface area contributed by atoms with E-state index in [4.69, 9.17) is 14.8 Å². The van der Waals surface area contributed by atoms with Gasteiger partial charge in [-0.1, -0.05) is 71.0 Å². The van der Waals surface area contributed by atoms with Crippen LogP contribution in [-0.2, 0) is 11.4 Å². The number of anilines is 2. The fourth-order valence-corrected chi connectivity index (χ4v) is 5.35. The Morgan fingerprint density at radius 1 is 1.10 bits per heavy atom. The number of aromatic nitrogens is 3. The van der Waals surface area contributed by atoms with Gasteiger partial charge in [0.05, 0.1) is 5.57 Å². The van der Waals surface area contributed by atoms with Gasteiger partial charge in [0.25, 0.3) is 5.91 Å². The molecule has 1 aromatic heterocycles. The van der Waals surface area contributed by atoms with E-state index in [1.54, 1.807) is 11.8 Å². The molecule has 1 unspecified atom stereocenters. The van der Waals surface area contributed by atoms with E-state index >= 15 is 0 Å². The first-order chi connectivity index (χ1) is 18.9. The number of amides is 1. The minimum Gasteiger partial charge on any atom is -0.489 e. The van der Waals surface area contributed by atoms with Crippen molar-refractivity contribution < 1.29 is 9.53 Å². The highest BCUT2D eigenvalue weighted by molar-refractivity contribution is 9.10. The van der Waals surface area contributed by atoms with Crippen LogP contribution >= 0.6 is 27.7 Å². The number of allylic oxidation sites excluding steroid dienone is 1. The molecular formula is C30H30BrN5O2S. The smallest absolute Gasteiger partial charge is 0.255 e. The Morgan fingerprint density at radius 3 is 2.59 bits per heavy atom. The van der Waals surface area contributed by atoms with Crippen LogP contribution in [0.15, 0.2) is 93.7 Å². The Bertz CT molecular complexity index is 1500. The summed E-state index contributed by atoms with van der Waals surface area (Å²) >= 11 is 5.07. The van der Waals surface area contributed by atoms with E-state index in [2.05, 4.69) is 33.5 Å². The third-order valence-electron chi connectivity index (χ3n) is 6.30. The lowest BCUT2D eigenvalue weighted by Gasteiger charge is -2.28. The summed E-state index contributed by atoms with van der Waals surface area (Å²) in [4.78, 5) is 18.4. The van der Waals surface area contributed by atoms with E-state index in [1.165, 1.54) is 0 Å². The van der Waals surface area contributed by atoms with Crippen molar-refractivity contribution in [3.63, 3.8) is 0 Å². The minimum atomic E-state index is -0.449. The number of fused-ring (bicyclic) bond motifs is 1. The number of ether oxygens (including phenoxy) is 1. The molecule has 1 aliphatic heterocycles. The molecule has 3 aromatic carbocycles. The number of hydrogen-bond acceptors (Lipinski definition) is 6. The van der Waals surface area contributed by atoms with Crippen molar-refractivity contribution >= 4 is 45.2 Å². The van der Waals surface area contributed by atoms with Crippen molar-refractivity contribution in [1.82, 2.24) is 14.8 Å². The highest BCUT2D eigenvalue weighted by Gasteiger charge is 2.34. The van der Waals surface area contributed by atoms with Gasteiger partial charge in [-0.15, -0.1) is 5.10 Å². The Kier molecular flexibility index (Phi) is 8.38. The second-order valence-electron chi connectivity index (χ2n) is 9.39. The molecule has 5 rings (SSSR count). The summed E-state index contributed by atoms with van der Waals surface area (Å²) in [5, 5.41) is 11.9. The molecule has 1 amide bonds. The normalized spacial score (nSPS) is 14.5. The average molecular weight is 605 g/mol. The van der Waals surface area contributed by atoms with Crippen molar-refractivity contribution in [3.8, 4) is 5.75 Å². The Morgan fingerprint density at radius 2 is 1.87 bits per heavy atom. The maximum Gasteiger partial charge on any atom is 0.255 e. The van der Waals surface area contributed by atoms with E-state index < -0.39 is 6.04 Å². The Labute approximate surface area is 241 Å². The summed E-state index contributed by atoms with van der Waals surface area (Å²) < 4.78 is 8.87. The SMILES string of the molecule is CCCSc1nc2n(n1)C(c1ccc(OCc3ccc(Br)cc3)cc1)C(C(=O)Nc1cccc(C)c1)=C(C)N2. The second-order valence-corrected chi connectivity index (χ2v) is 11.4. The standard InChI is InChI=1S/C30H30BrN5O2S/c1-4-16-39-30-34-29-32-20(3)26(28(37)33-24-7-5-6-19(2)17-24)27(36(29)35-30)22-10-14-25(15-11-22)38-18-21-8-12-23(31)13-9-21/h5-15,17,27H,4,16,18H2,1-3H3,(H,33,37)(H,32,34,35). The summed E-state index contributed by atoms with van der Waals surface area (Å²) in [5.74, 6) is 2.11. The molecule has 0 spiro atoms. The zero-order chi connectivity index (χ0) is 27.4. The quantitative estimate of drug-likeness (QED) is 0.195. The number of nitrogens with one attached hydrogen (secondary N) is 2. The van der Waals surface area contributed by atoms with Crippen LogP contribution in [-0.4, -0.2) is 26.4 Å². The topological polar surface area (TPSA) is 81.1 Å². The van der Waals surface area contributed by atoms with Crippen LogP contribution in [0.2, 0.25) is 0 Å². The van der Waals surface area contributed by atoms with E-state index in [1.807, 2.05) is 91.3 Å². The Balaban J connectivity index is 1.44. The van der Waals surface area contributed by atoms with Gasteiger partial charge >= 0.3 is 0 Å². The number of hydrogen-bond donors (Lipinski definition) is 2. The molecule has 0 saturated heterocycles. The lowest BCUT2D eigenvalue weighted by molar-refractivity contribution is -0.113. The molecule has 200 valence electrons. The van der Waals surface area contributed by atoms with Gasteiger partial charge in [-0.05, 0) is 73.4 Å². The number of halogens is 1. The van der Waals surface area contributed by atoms with Gasteiger partial charge < -0.3 is 15.4 Å². The van der Waals surface area contributed by atoms with E-state index in [-0.39, 0.29) is 5.91 Å². The van der Waals surface area contributed by atoms with E-state index in [0.29, 0.717) is 23.3 Å². The summed E-state index contributed by atoms with van der Waals surface area (Å²) in [6.45, 7) is 6.51. The maximum atomic E-state index is 13.7. The highest BCUT2D eigenvalue weighted by atomic mass is 79.9. The number of rotatable bonds is 9. The predicted molar refractivity (Wildman–Crippen MR) is 160 cm³/mol. The molecule has 1 aliphatic rings. The zero-order valence-electron chi connectivity index (χ0n) is 22.1. The van der Waals surface area contributed by atoms with Crippen LogP contribution in [0.1, 0.15) is 43.0 Å². The van der Waals surface area contributed by atoms with Crippen LogP contribution in [0.25, 0.3) is 0 Å². The first-order valence-corrected chi connectivity index (χ1v) is 14.6. The lowest BCUT2D eigenvalue weighted by atomic mass is 9.95.